The Kier molecular flexibility index (Phi) is 4.48. The normalized spacial score (nSPS) is 11.9. The lowest BCUT2D eigenvalue weighted by Gasteiger charge is -2.13. The fraction of sp³-hybridized carbons (Fsp3) is 0.462. The summed E-state index contributed by atoms with van der Waals surface area (Å²) in [5.41, 5.74) is -1.48. The van der Waals surface area contributed by atoms with Gasteiger partial charge in [-0.2, -0.15) is 13.2 Å². The predicted octanol–water partition coefficient (Wildman–Crippen LogP) is 4.46. The summed E-state index contributed by atoms with van der Waals surface area (Å²) in [5.74, 6) is -2.05. The Morgan fingerprint density at radius 1 is 1.22 bits per heavy atom. The zero-order chi connectivity index (χ0) is 13.9. The smallest absolute Gasteiger partial charge is 0.294 e. The van der Waals surface area contributed by atoms with E-state index in [1.807, 2.05) is 0 Å². The highest BCUT2D eigenvalue weighted by atomic mass is 19.4. The van der Waals surface area contributed by atoms with Crippen LogP contribution in [-0.2, 0) is 6.18 Å². The van der Waals surface area contributed by atoms with Gasteiger partial charge >= 0.3 is 6.18 Å². The van der Waals surface area contributed by atoms with E-state index in [1.165, 1.54) is 0 Å². The Morgan fingerprint density at radius 2 is 1.78 bits per heavy atom. The summed E-state index contributed by atoms with van der Waals surface area (Å²) in [5, 5.41) is 0. The quantitative estimate of drug-likeness (QED) is 0.578. The summed E-state index contributed by atoms with van der Waals surface area (Å²) in [4.78, 5) is 11.9. The summed E-state index contributed by atoms with van der Waals surface area (Å²) in [6.07, 6.45) is -3.68. The lowest BCUT2D eigenvalue weighted by atomic mass is 9.92. The minimum atomic E-state index is -4.78. The number of halogens is 4. The number of Topliss-reactive ketones (excluding diaryl/α,β-unsaturated/α-hetero) is 1. The Balaban J connectivity index is 3.17. The average Bonchev–Trinajstić information content (AvgIpc) is 2.29. The number of rotatable bonds is 4. The molecule has 0 N–H and O–H groups in total. The molecular weight excluding hydrogens is 248 g/mol. The van der Waals surface area contributed by atoms with Gasteiger partial charge in [-0.15, -0.1) is 0 Å². The van der Waals surface area contributed by atoms with Crippen molar-refractivity contribution in [3.63, 3.8) is 0 Å². The molecule has 1 aromatic rings. The van der Waals surface area contributed by atoms with Gasteiger partial charge in [-0.1, -0.05) is 13.8 Å². The largest absolute Gasteiger partial charge is 0.419 e. The maximum absolute atomic E-state index is 13.1. The monoisotopic (exact) mass is 262 g/mol. The van der Waals surface area contributed by atoms with E-state index < -0.39 is 17.6 Å². The molecule has 0 heterocycles. The fourth-order valence-corrected chi connectivity index (χ4v) is 1.79. The van der Waals surface area contributed by atoms with Crippen molar-refractivity contribution in [3.8, 4) is 0 Å². The molecule has 0 atom stereocenters. The average molecular weight is 262 g/mol. The Bertz CT molecular complexity index is 433. The summed E-state index contributed by atoms with van der Waals surface area (Å²) in [7, 11) is 0. The van der Waals surface area contributed by atoms with Crippen molar-refractivity contribution in [2.45, 2.75) is 32.9 Å². The summed E-state index contributed by atoms with van der Waals surface area (Å²) in [6.45, 7) is 3.58. The SMILES string of the molecule is CCC(CC)C(=O)c1ccc(F)c(C(F)(F)F)c1. The van der Waals surface area contributed by atoms with Crippen LogP contribution >= 0.6 is 0 Å². The third-order valence-electron chi connectivity index (χ3n) is 2.91. The standard InChI is InChI=1S/C13H14F4O/c1-3-8(4-2)12(18)9-5-6-11(14)10(7-9)13(15,16)17/h5-8H,3-4H2,1-2H3. The van der Waals surface area contributed by atoms with Crippen molar-refractivity contribution in [1.82, 2.24) is 0 Å². The topological polar surface area (TPSA) is 17.1 Å². The van der Waals surface area contributed by atoms with Gasteiger partial charge < -0.3 is 0 Å². The minimum absolute atomic E-state index is 0.0857. The number of ketones is 1. The Hall–Kier alpha value is -1.39. The van der Waals surface area contributed by atoms with E-state index in [4.69, 9.17) is 0 Å². The third-order valence-corrected chi connectivity index (χ3v) is 2.91. The first kappa shape index (κ1) is 14.7. The van der Waals surface area contributed by atoms with Crippen molar-refractivity contribution in [2.75, 3.05) is 0 Å². The van der Waals surface area contributed by atoms with Gasteiger partial charge in [0.25, 0.3) is 0 Å². The second kappa shape index (κ2) is 5.50. The van der Waals surface area contributed by atoms with Gasteiger partial charge in [-0.25, -0.2) is 4.39 Å². The highest BCUT2D eigenvalue weighted by Crippen LogP contribution is 2.32. The minimum Gasteiger partial charge on any atom is -0.294 e. The van der Waals surface area contributed by atoms with Crippen LogP contribution in [0.3, 0.4) is 0 Å². The number of hydrogen-bond donors (Lipinski definition) is 0. The van der Waals surface area contributed by atoms with Crippen molar-refractivity contribution >= 4 is 5.78 Å². The number of alkyl halides is 3. The van der Waals surface area contributed by atoms with Crippen molar-refractivity contribution in [2.24, 2.45) is 5.92 Å². The third kappa shape index (κ3) is 3.09. The molecule has 1 rings (SSSR count). The van der Waals surface area contributed by atoms with E-state index in [-0.39, 0.29) is 17.3 Å². The van der Waals surface area contributed by atoms with E-state index in [9.17, 15) is 22.4 Å². The van der Waals surface area contributed by atoms with Crippen LogP contribution in [0.5, 0.6) is 0 Å². The van der Waals surface area contributed by atoms with E-state index in [1.54, 1.807) is 13.8 Å². The van der Waals surface area contributed by atoms with E-state index in [0.717, 1.165) is 6.07 Å². The van der Waals surface area contributed by atoms with Crippen LogP contribution in [0.4, 0.5) is 17.6 Å². The van der Waals surface area contributed by atoms with Gasteiger partial charge in [0.1, 0.15) is 5.82 Å². The zero-order valence-electron chi connectivity index (χ0n) is 10.1. The summed E-state index contributed by atoms with van der Waals surface area (Å²) < 4.78 is 50.6. The molecule has 0 saturated carbocycles. The highest BCUT2D eigenvalue weighted by molar-refractivity contribution is 5.98. The number of hydrogen-bond acceptors (Lipinski definition) is 1. The van der Waals surface area contributed by atoms with Gasteiger partial charge in [0.15, 0.2) is 5.78 Å². The molecule has 1 nitrogen and oxygen atoms in total. The second-order valence-corrected chi connectivity index (χ2v) is 4.07. The van der Waals surface area contributed by atoms with Crippen LogP contribution in [0.1, 0.15) is 42.6 Å². The van der Waals surface area contributed by atoms with E-state index >= 15 is 0 Å². The zero-order valence-corrected chi connectivity index (χ0v) is 10.1. The van der Waals surface area contributed by atoms with E-state index in [0.29, 0.717) is 25.0 Å². The molecule has 0 aliphatic rings. The highest BCUT2D eigenvalue weighted by Gasteiger charge is 2.35. The van der Waals surface area contributed by atoms with Gasteiger partial charge in [0, 0.05) is 11.5 Å². The first-order valence-electron chi connectivity index (χ1n) is 5.72. The van der Waals surface area contributed by atoms with Crippen LogP contribution in [-0.4, -0.2) is 5.78 Å². The Labute approximate surface area is 103 Å². The lowest BCUT2D eigenvalue weighted by molar-refractivity contribution is -0.140. The van der Waals surface area contributed by atoms with Gasteiger partial charge in [-0.05, 0) is 31.0 Å². The van der Waals surface area contributed by atoms with Crippen LogP contribution in [0.25, 0.3) is 0 Å². The number of carbonyl (C=O) groups excluding carboxylic acids is 1. The Morgan fingerprint density at radius 3 is 2.22 bits per heavy atom. The van der Waals surface area contributed by atoms with Crippen LogP contribution < -0.4 is 0 Å². The molecule has 5 heteroatoms. The molecule has 0 aliphatic carbocycles. The second-order valence-electron chi connectivity index (χ2n) is 4.07. The van der Waals surface area contributed by atoms with Crippen molar-refractivity contribution in [3.05, 3.63) is 35.1 Å². The molecule has 0 radical (unpaired) electrons. The van der Waals surface area contributed by atoms with Crippen molar-refractivity contribution in [1.29, 1.82) is 0 Å². The van der Waals surface area contributed by atoms with Crippen LogP contribution in [0.15, 0.2) is 18.2 Å². The molecule has 1 aromatic carbocycles. The molecule has 0 aromatic heterocycles. The first-order valence-corrected chi connectivity index (χ1v) is 5.72. The van der Waals surface area contributed by atoms with Crippen LogP contribution in [0.2, 0.25) is 0 Å². The van der Waals surface area contributed by atoms with Crippen molar-refractivity contribution < 1.29 is 22.4 Å². The van der Waals surface area contributed by atoms with Crippen LogP contribution in [0, 0.1) is 11.7 Å². The van der Waals surface area contributed by atoms with E-state index in [2.05, 4.69) is 0 Å². The fourth-order valence-electron chi connectivity index (χ4n) is 1.79. The first-order chi connectivity index (χ1) is 8.31. The maximum atomic E-state index is 13.1. The van der Waals surface area contributed by atoms with Gasteiger partial charge in [-0.3, -0.25) is 4.79 Å². The maximum Gasteiger partial charge on any atom is 0.419 e. The lowest BCUT2D eigenvalue weighted by Crippen LogP contribution is -2.15. The molecule has 0 fully saturated rings. The summed E-state index contributed by atoms with van der Waals surface area (Å²) in [6, 6.07) is 2.39. The molecule has 0 aliphatic heterocycles. The molecular formula is C13H14F4O. The van der Waals surface area contributed by atoms with Gasteiger partial charge in [0.05, 0.1) is 5.56 Å². The molecule has 100 valence electrons. The molecule has 0 amide bonds. The predicted molar refractivity (Wildman–Crippen MR) is 59.8 cm³/mol. The molecule has 0 bridgehead atoms. The molecule has 18 heavy (non-hydrogen) atoms. The summed E-state index contributed by atoms with van der Waals surface area (Å²) >= 11 is 0. The van der Waals surface area contributed by atoms with Gasteiger partial charge in [0.2, 0.25) is 0 Å². The number of benzene rings is 1. The molecule has 0 spiro atoms. The molecule has 0 saturated heterocycles. The molecule has 0 unspecified atom stereocenters. The number of carbonyl (C=O) groups is 1.